The Balaban J connectivity index is 2.30. The van der Waals surface area contributed by atoms with E-state index >= 15 is 0 Å². The summed E-state index contributed by atoms with van der Waals surface area (Å²) >= 11 is 0. The van der Waals surface area contributed by atoms with E-state index in [1.54, 1.807) is 0 Å². The molecule has 17 heavy (non-hydrogen) atoms. The minimum absolute atomic E-state index is 0.385. The van der Waals surface area contributed by atoms with Crippen LogP contribution < -0.4 is 4.74 Å². The van der Waals surface area contributed by atoms with Gasteiger partial charge in [0, 0.05) is 0 Å². The molecular formula is C14H17NO2. The van der Waals surface area contributed by atoms with Crippen LogP contribution in [0.15, 0.2) is 18.2 Å². The van der Waals surface area contributed by atoms with Gasteiger partial charge in [0.15, 0.2) is 6.10 Å². The van der Waals surface area contributed by atoms with Gasteiger partial charge < -0.3 is 9.84 Å². The number of aliphatic hydroxyl groups excluding tert-OH is 1. The van der Waals surface area contributed by atoms with E-state index in [-0.39, 0.29) is 6.10 Å². The summed E-state index contributed by atoms with van der Waals surface area (Å²) < 4.78 is 5.69. The number of ether oxygens (including phenoxy) is 1. The van der Waals surface area contributed by atoms with Crippen molar-refractivity contribution in [1.29, 1.82) is 5.26 Å². The van der Waals surface area contributed by atoms with Gasteiger partial charge in [-0.05, 0) is 42.9 Å². The molecule has 0 aliphatic heterocycles. The summed E-state index contributed by atoms with van der Waals surface area (Å²) in [5, 5.41) is 18.8. The third-order valence-electron chi connectivity index (χ3n) is 3.22. The normalized spacial score (nSPS) is 20.2. The second-order valence-electron chi connectivity index (χ2n) is 4.38. The zero-order valence-corrected chi connectivity index (χ0v) is 10.0. The molecule has 1 aromatic rings. The first-order valence-corrected chi connectivity index (χ1v) is 6.12. The smallest absolute Gasteiger partial charge is 0.184 e. The molecule has 0 amide bonds. The molecule has 1 aliphatic rings. The average Bonchev–Trinajstić information content (AvgIpc) is 2.37. The van der Waals surface area contributed by atoms with Gasteiger partial charge in [-0.25, -0.2) is 0 Å². The highest BCUT2D eigenvalue weighted by atomic mass is 16.5. The average molecular weight is 231 g/mol. The Bertz CT molecular complexity index is 436. The van der Waals surface area contributed by atoms with Crippen LogP contribution in [0.2, 0.25) is 0 Å². The van der Waals surface area contributed by atoms with Gasteiger partial charge in [0.25, 0.3) is 0 Å². The van der Waals surface area contributed by atoms with Gasteiger partial charge >= 0.3 is 0 Å². The quantitative estimate of drug-likeness (QED) is 0.870. The van der Waals surface area contributed by atoms with Gasteiger partial charge in [-0.3, -0.25) is 0 Å². The second-order valence-corrected chi connectivity index (χ2v) is 4.38. The maximum atomic E-state index is 9.91. The molecule has 0 fully saturated rings. The largest absolute Gasteiger partial charge is 0.475 e. The van der Waals surface area contributed by atoms with Crippen LogP contribution in [-0.4, -0.2) is 11.2 Å². The lowest BCUT2D eigenvalue weighted by Gasteiger charge is -2.24. The van der Waals surface area contributed by atoms with Crippen molar-refractivity contribution in [3.05, 3.63) is 29.3 Å². The zero-order chi connectivity index (χ0) is 12.3. The fourth-order valence-corrected chi connectivity index (χ4v) is 2.25. The lowest BCUT2D eigenvalue weighted by Crippen LogP contribution is -2.16. The maximum absolute atomic E-state index is 9.91. The van der Waals surface area contributed by atoms with Crippen LogP contribution in [0.4, 0.5) is 0 Å². The molecule has 0 saturated heterocycles. The highest BCUT2D eigenvalue weighted by molar-refractivity contribution is 5.43. The van der Waals surface area contributed by atoms with Gasteiger partial charge in [0.1, 0.15) is 11.8 Å². The summed E-state index contributed by atoms with van der Waals surface area (Å²) in [4.78, 5) is 0. The summed E-state index contributed by atoms with van der Waals surface area (Å²) in [6, 6.07) is 7.84. The van der Waals surface area contributed by atoms with Crippen LogP contribution in [0.1, 0.15) is 43.4 Å². The van der Waals surface area contributed by atoms with Gasteiger partial charge in [-0.2, -0.15) is 5.26 Å². The molecule has 0 bridgehead atoms. The fourth-order valence-electron chi connectivity index (χ4n) is 2.25. The molecule has 0 spiro atoms. The van der Waals surface area contributed by atoms with Crippen LogP contribution >= 0.6 is 0 Å². The monoisotopic (exact) mass is 231 g/mol. The van der Waals surface area contributed by atoms with E-state index in [1.807, 2.05) is 25.1 Å². The van der Waals surface area contributed by atoms with Crippen molar-refractivity contribution in [2.75, 3.05) is 0 Å². The van der Waals surface area contributed by atoms with E-state index in [4.69, 9.17) is 10.00 Å². The first-order chi connectivity index (χ1) is 8.26. The van der Waals surface area contributed by atoms with Crippen LogP contribution in [0, 0.1) is 11.3 Å². The molecular weight excluding hydrogens is 214 g/mol. The Labute approximate surface area is 102 Å². The topological polar surface area (TPSA) is 53.2 Å². The number of hydrogen-bond acceptors (Lipinski definition) is 3. The first kappa shape index (κ1) is 11.9. The van der Waals surface area contributed by atoms with Gasteiger partial charge in [0.2, 0.25) is 0 Å². The van der Waals surface area contributed by atoms with E-state index in [1.165, 1.54) is 0 Å². The van der Waals surface area contributed by atoms with Crippen molar-refractivity contribution in [3.8, 4) is 11.8 Å². The maximum Gasteiger partial charge on any atom is 0.184 e. The Morgan fingerprint density at radius 3 is 3.12 bits per heavy atom. The van der Waals surface area contributed by atoms with Crippen molar-refractivity contribution < 1.29 is 9.84 Å². The molecule has 1 aromatic carbocycles. The lowest BCUT2D eigenvalue weighted by atomic mass is 9.89. The molecule has 0 saturated carbocycles. The predicted octanol–water partition coefficient (Wildman–Crippen LogP) is 2.74. The third-order valence-corrected chi connectivity index (χ3v) is 3.22. The van der Waals surface area contributed by atoms with Gasteiger partial charge in [-0.1, -0.05) is 19.1 Å². The van der Waals surface area contributed by atoms with Crippen LogP contribution in [-0.2, 0) is 6.42 Å². The van der Waals surface area contributed by atoms with E-state index < -0.39 is 6.10 Å². The summed E-state index contributed by atoms with van der Waals surface area (Å²) in [5.74, 6) is 0.759. The molecule has 0 heterocycles. The van der Waals surface area contributed by atoms with Gasteiger partial charge in [0.05, 0.1) is 6.10 Å². The summed E-state index contributed by atoms with van der Waals surface area (Å²) in [6.45, 7) is 1.93. The highest BCUT2D eigenvalue weighted by Crippen LogP contribution is 2.35. The molecule has 90 valence electrons. The molecule has 0 aromatic heterocycles. The van der Waals surface area contributed by atoms with Crippen molar-refractivity contribution in [2.45, 2.75) is 44.8 Å². The number of hydrogen-bond donors (Lipinski definition) is 1. The lowest BCUT2D eigenvalue weighted by molar-refractivity contribution is 0.154. The van der Waals surface area contributed by atoms with E-state index in [2.05, 4.69) is 6.07 Å². The molecule has 2 rings (SSSR count). The molecule has 0 radical (unpaired) electrons. The van der Waals surface area contributed by atoms with Crippen LogP contribution in [0.3, 0.4) is 0 Å². The SMILES string of the molecule is CCC(C#N)Oc1cccc2c1CCCC2O. The van der Waals surface area contributed by atoms with Crippen molar-refractivity contribution >= 4 is 0 Å². The number of benzene rings is 1. The highest BCUT2D eigenvalue weighted by Gasteiger charge is 2.21. The van der Waals surface area contributed by atoms with E-state index in [0.29, 0.717) is 6.42 Å². The molecule has 1 aliphatic carbocycles. The Kier molecular flexibility index (Phi) is 3.65. The zero-order valence-electron chi connectivity index (χ0n) is 10.0. The summed E-state index contributed by atoms with van der Waals surface area (Å²) in [5.41, 5.74) is 2.03. The summed E-state index contributed by atoms with van der Waals surface area (Å²) in [6.07, 6.45) is 2.58. The Morgan fingerprint density at radius 2 is 2.41 bits per heavy atom. The standard InChI is InChI=1S/C14H17NO2/c1-2-10(9-15)17-14-8-4-5-11-12(14)6-3-7-13(11)16/h4-5,8,10,13,16H,2-3,6-7H2,1H3. The number of nitrogens with zero attached hydrogens (tertiary/aromatic N) is 1. The van der Waals surface area contributed by atoms with Crippen molar-refractivity contribution in [2.24, 2.45) is 0 Å². The fraction of sp³-hybridized carbons (Fsp3) is 0.500. The predicted molar refractivity (Wildman–Crippen MR) is 64.7 cm³/mol. The minimum Gasteiger partial charge on any atom is -0.475 e. The van der Waals surface area contributed by atoms with Crippen LogP contribution in [0.25, 0.3) is 0 Å². The Hall–Kier alpha value is -1.53. The third kappa shape index (κ3) is 2.42. The summed E-state index contributed by atoms with van der Waals surface area (Å²) in [7, 11) is 0. The van der Waals surface area contributed by atoms with Gasteiger partial charge in [-0.15, -0.1) is 0 Å². The van der Waals surface area contributed by atoms with Crippen LogP contribution in [0.5, 0.6) is 5.75 Å². The van der Waals surface area contributed by atoms with E-state index in [0.717, 1.165) is 36.1 Å². The molecule has 1 N–H and O–H groups in total. The molecule has 2 atom stereocenters. The molecule has 3 heteroatoms. The molecule has 3 nitrogen and oxygen atoms in total. The van der Waals surface area contributed by atoms with Crippen molar-refractivity contribution in [1.82, 2.24) is 0 Å². The number of aliphatic hydroxyl groups is 1. The minimum atomic E-state index is -0.402. The second kappa shape index (κ2) is 5.20. The van der Waals surface area contributed by atoms with E-state index in [9.17, 15) is 5.11 Å². The van der Waals surface area contributed by atoms with Crippen molar-refractivity contribution in [3.63, 3.8) is 0 Å². The Morgan fingerprint density at radius 1 is 1.59 bits per heavy atom. The first-order valence-electron chi connectivity index (χ1n) is 6.12. The number of nitriles is 1. The molecule has 2 unspecified atom stereocenters. The number of fused-ring (bicyclic) bond motifs is 1. The number of rotatable bonds is 3.